The molecule has 1 fully saturated rings. The number of hydrogen-bond acceptors (Lipinski definition) is 4. The summed E-state index contributed by atoms with van der Waals surface area (Å²) >= 11 is 0. The summed E-state index contributed by atoms with van der Waals surface area (Å²) in [6.45, 7) is 7.05. The molecule has 0 spiro atoms. The number of carbonyl (C=O) groups excluding carboxylic acids is 2. The fourth-order valence-corrected chi connectivity index (χ4v) is 1.85. The van der Waals surface area contributed by atoms with E-state index in [1.165, 1.54) is 0 Å². The summed E-state index contributed by atoms with van der Waals surface area (Å²) in [5, 5.41) is 2.72. The van der Waals surface area contributed by atoms with E-state index in [0.717, 1.165) is 25.9 Å². The summed E-state index contributed by atoms with van der Waals surface area (Å²) in [4.78, 5) is 25.2. The van der Waals surface area contributed by atoms with Gasteiger partial charge in [0.05, 0.1) is 0 Å². The predicted molar refractivity (Wildman–Crippen MR) is 64.5 cm³/mol. The fourth-order valence-electron chi connectivity index (χ4n) is 1.85. The van der Waals surface area contributed by atoms with Crippen molar-refractivity contribution in [2.24, 2.45) is 0 Å². The summed E-state index contributed by atoms with van der Waals surface area (Å²) in [6, 6.07) is 0.0498. The first-order chi connectivity index (χ1) is 7.78. The van der Waals surface area contributed by atoms with Crippen molar-refractivity contribution in [3.63, 3.8) is 0 Å². The second-order valence-corrected chi connectivity index (χ2v) is 5.58. The predicted octanol–water partition coefficient (Wildman–Crippen LogP) is 0.539. The van der Waals surface area contributed by atoms with Crippen molar-refractivity contribution in [2.75, 3.05) is 20.1 Å². The van der Waals surface area contributed by atoms with Crippen LogP contribution in [0.1, 0.15) is 33.6 Å². The van der Waals surface area contributed by atoms with Crippen LogP contribution in [0.3, 0.4) is 0 Å². The zero-order valence-corrected chi connectivity index (χ0v) is 11.1. The Morgan fingerprint density at radius 3 is 2.53 bits per heavy atom. The van der Waals surface area contributed by atoms with E-state index < -0.39 is 17.5 Å². The third-order valence-electron chi connectivity index (χ3n) is 2.54. The first-order valence-electron chi connectivity index (χ1n) is 6.00. The van der Waals surface area contributed by atoms with Gasteiger partial charge in [0.1, 0.15) is 5.60 Å². The summed E-state index contributed by atoms with van der Waals surface area (Å²) in [7, 11) is 2.01. The zero-order valence-electron chi connectivity index (χ0n) is 11.1. The molecule has 0 saturated carbocycles. The van der Waals surface area contributed by atoms with Gasteiger partial charge in [-0.25, -0.2) is 4.79 Å². The van der Waals surface area contributed by atoms with E-state index in [2.05, 4.69) is 10.2 Å². The summed E-state index contributed by atoms with van der Waals surface area (Å²) in [6.07, 6.45) is 1.95. The van der Waals surface area contributed by atoms with Crippen LogP contribution in [-0.4, -0.2) is 48.6 Å². The molecule has 1 saturated heterocycles. The summed E-state index contributed by atoms with van der Waals surface area (Å²) < 4.78 is 5.00. The molecule has 5 nitrogen and oxygen atoms in total. The second-order valence-electron chi connectivity index (χ2n) is 5.58. The van der Waals surface area contributed by atoms with E-state index in [1.807, 2.05) is 7.05 Å². The molecule has 0 aliphatic carbocycles. The summed E-state index contributed by atoms with van der Waals surface area (Å²) in [5.41, 5.74) is -0.627. The molecule has 0 aromatic heterocycles. The maximum Gasteiger partial charge on any atom is 0.397 e. The van der Waals surface area contributed by atoms with E-state index in [-0.39, 0.29) is 6.04 Å². The molecule has 0 radical (unpaired) electrons. The third-order valence-corrected chi connectivity index (χ3v) is 2.54. The van der Waals surface area contributed by atoms with Crippen LogP contribution in [0, 0.1) is 0 Å². The average Bonchev–Trinajstić information content (AvgIpc) is 2.14. The molecule has 0 aromatic carbocycles. The van der Waals surface area contributed by atoms with E-state index in [4.69, 9.17) is 4.74 Å². The average molecular weight is 242 g/mol. The Morgan fingerprint density at radius 1 is 1.35 bits per heavy atom. The van der Waals surface area contributed by atoms with Crippen LogP contribution >= 0.6 is 0 Å². The Hall–Kier alpha value is -1.10. The van der Waals surface area contributed by atoms with E-state index in [0.29, 0.717) is 0 Å². The Bertz CT molecular complexity index is 297. The maximum absolute atomic E-state index is 11.6. The van der Waals surface area contributed by atoms with Gasteiger partial charge in [-0.2, -0.15) is 0 Å². The third kappa shape index (κ3) is 5.17. The van der Waals surface area contributed by atoms with E-state index >= 15 is 0 Å². The molecule has 5 heteroatoms. The molecule has 0 aromatic rings. The van der Waals surface area contributed by atoms with Crippen LogP contribution in [0.15, 0.2) is 0 Å². The molecule has 1 atom stereocenters. The lowest BCUT2D eigenvalue weighted by Crippen LogP contribution is -2.49. The lowest BCUT2D eigenvalue weighted by atomic mass is 10.1. The number of hydrogen-bond donors (Lipinski definition) is 1. The van der Waals surface area contributed by atoms with Crippen LogP contribution < -0.4 is 5.32 Å². The van der Waals surface area contributed by atoms with Crippen molar-refractivity contribution < 1.29 is 14.3 Å². The van der Waals surface area contributed by atoms with Gasteiger partial charge < -0.3 is 15.0 Å². The number of likely N-dealkylation sites (N-methyl/N-ethyl adjacent to an activating group) is 1. The topological polar surface area (TPSA) is 58.6 Å². The largest absolute Gasteiger partial charge is 0.453 e. The Balaban J connectivity index is 2.40. The highest BCUT2D eigenvalue weighted by Crippen LogP contribution is 2.09. The lowest BCUT2D eigenvalue weighted by molar-refractivity contribution is -0.163. The molecule has 0 bridgehead atoms. The smallest absolute Gasteiger partial charge is 0.397 e. The van der Waals surface area contributed by atoms with Crippen molar-refractivity contribution in [3.8, 4) is 0 Å². The van der Waals surface area contributed by atoms with Crippen LogP contribution in [-0.2, 0) is 14.3 Å². The van der Waals surface area contributed by atoms with Crippen molar-refractivity contribution >= 4 is 11.9 Å². The van der Waals surface area contributed by atoms with Crippen LogP contribution in [0.4, 0.5) is 0 Å². The van der Waals surface area contributed by atoms with Gasteiger partial charge in [-0.05, 0) is 47.2 Å². The normalized spacial score (nSPS) is 22.0. The van der Waals surface area contributed by atoms with Gasteiger partial charge in [-0.1, -0.05) is 0 Å². The number of ether oxygens (including phenoxy) is 1. The number of nitrogens with one attached hydrogen (secondary N) is 1. The monoisotopic (exact) mass is 242 g/mol. The van der Waals surface area contributed by atoms with Gasteiger partial charge in [0, 0.05) is 12.6 Å². The van der Waals surface area contributed by atoms with Gasteiger partial charge in [0.25, 0.3) is 0 Å². The van der Waals surface area contributed by atoms with Crippen molar-refractivity contribution in [3.05, 3.63) is 0 Å². The Morgan fingerprint density at radius 2 is 2.00 bits per heavy atom. The molecule has 1 aliphatic rings. The zero-order chi connectivity index (χ0) is 13.1. The maximum atomic E-state index is 11.6. The van der Waals surface area contributed by atoms with Crippen LogP contribution in [0.2, 0.25) is 0 Å². The standard InChI is InChI=1S/C12H22N2O3/c1-12(2,3)17-11(16)10(15)13-9-6-5-7-14(4)8-9/h9H,5-8H2,1-4H3,(H,13,15). The number of piperidine rings is 1. The number of amides is 1. The van der Waals surface area contributed by atoms with E-state index in [1.54, 1.807) is 20.8 Å². The van der Waals surface area contributed by atoms with Crippen LogP contribution in [0.25, 0.3) is 0 Å². The molecule has 1 rings (SSSR count). The highest BCUT2D eigenvalue weighted by molar-refractivity contribution is 6.32. The SMILES string of the molecule is CN1CCCC(NC(=O)C(=O)OC(C)(C)C)C1. The Labute approximate surface area is 102 Å². The first kappa shape index (κ1) is 14.0. The van der Waals surface area contributed by atoms with Gasteiger partial charge >= 0.3 is 11.9 Å². The molecule has 1 heterocycles. The lowest BCUT2D eigenvalue weighted by Gasteiger charge is -2.30. The quantitative estimate of drug-likeness (QED) is 0.538. The molecule has 1 N–H and O–H groups in total. The Kier molecular flexibility index (Phi) is 4.51. The molecule has 1 aliphatic heterocycles. The van der Waals surface area contributed by atoms with Crippen molar-refractivity contribution in [2.45, 2.75) is 45.3 Å². The van der Waals surface area contributed by atoms with Crippen molar-refractivity contribution in [1.82, 2.24) is 10.2 Å². The van der Waals surface area contributed by atoms with Gasteiger partial charge in [-0.15, -0.1) is 0 Å². The van der Waals surface area contributed by atoms with E-state index in [9.17, 15) is 9.59 Å². The van der Waals surface area contributed by atoms with Crippen molar-refractivity contribution in [1.29, 1.82) is 0 Å². The molecular weight excluding hydrogens is 220 g/mol. The molecule has 1 amide bonds. The van der Waals surface area contributed by atoms with Gasteiger partial charge in [0.2, 0.25) is 0 Å². The highest BCUT2D eigenvalue weighted by Gasteiger charge is 2.26. The number of carbonyl (C=O) groups is 2. The number of esters is 1. The van der Waals surface area contributed by atoms with Crippen LogP contribution in [0.5, 0.6) is 0 Å². The number of nitrogens with zero attached hydrogens (tertiary/aromatic N) is 1. The highest BCUT2D eigenvalue weighted by atomic mass is 16.6. The van der Waals surface area contributed by atoms with Gasteiger partial charge in [0.15, 0.2) is 0 Å². The number of likely N-dealkylation sites (tertiary alicyclic amines) is 1. The second kappa shape index (κ2) is 5.49. The molecule has 98 valence electrons. The first-order valence-corrected chi connectivity index (χ1v) is 6.00. The van der Waals surface area contributed by atoms with Gasteiger partial charge in [-0.3, -0.25) is 4.79 Å². The number of rotatable bonds is 1. The molecular formula is C12H22N2O3. The molecule has 1 unspecified atom stereocenters. The minimum atomic E-state index is -0.800. The fraction of sp³-hybridized carbons (Fsp3) is 0.833. The molecule has 17 heavy (non-hydrogen) atoms. The minimum absolute atomic E-state index is 0.0498. The summed E-state index contributed by atoms with van der Waals surface area (Å²) in [5.74, 6) is -1.44. The minimum Gasteiger partial charge on any atom is -0.453 e.